The second-order valence-electron chi connectivity index (χ2n) is 4.94. The highest BCUT2D eigenvalue weighted by atomic mass is 19.4. The number of carboxylic acid groups (broad SMARTS) is 1. The van der Waals surface area contributed by atoms with Gasteiger partial charge in [0.2, 0.25) is 0 Å². The number of alkyl halides is 7. The van der Waals surface area contributed by atoms with Crippen LogP contribution < -0.4 is 5.32 Å². The Balaban J connectivity index is 5.27. The van der Waals surface area contributed by atoms with Crippen LogP contribution in [0.4, 0.5) is 30.7 Å². The van der Waals surface area contributed by atoms with Gasteiger partial charge in [-0.05, 0) is 6.42 Å². The first-order valence-corrected chi connectivity index (χ1v) is 6.83. The third kappa shape index (κ3) is 5.99. The summed E-state index contributed by atoms with van der Waals surface area (Å²) in [7, 11) is 0. The number of hydrogen-bond donors (Lipinski definition) is 3. The molecule has 0 saturated heterocycles. The summed E-state index contributed by atoms with van der Waals surface area (Å²) < 4.78 is 92.7. The van der Waals surface area contributed by atoms with Gasteiger partial charge in [-0.25, -0.2) is 0 Å². The molecule has 3 N–H and O–H groups in total. The van der Waals surface area contributed by atoms with Crippen molar-refractivity contribution in [2.75, 3.05) is 6.61 Å². The van der Waals surface area contributed by atoms with Crippen LogP contribution in [0.3, 0.4) is 0 Å². The number of unbranched alkanes of at least 4 members (excludes halogenated alkanes) is 1. The molecule has 0 fully saturated rings. The fraction of sp³-hybridized carbons (Fsp3) is 0.833. The van der Waals surface area contributed by atoms with Crippen molar-refractivity contribution in [2.24, 2.45) is 0 Å². The average Bonchev–Trinajstić information content (AvgIpc) is 2.44. The topological polar surface area (TPSA) is 95.9 Å². The molecule has 0 radical (unpaired) electrons. The summed E-state index contributed by atoms with van der Waals surface area (Å²) in [4.78, 5) is 21.8. The Morgan fingerprint density at radius 3 is 2.04 bits per heavy atom. The molecular weight excluding hydrogens is 371 g/mol. The zero-order valence-electron chi connectivity index (χ0n) is 12.7. The molecule has 25 heavy (non-hydrogen) atoms. The molecule has 6 nitrogen and oxygen atoms in total. The van der Waals surface area contributed by atoms with Crippen molar-refractivity contribution in [2.45, 2.75) is 56.5 Å². The van der Waals surface area contributed by atoms with Crippen LogP contribution in [0.5, 0.6) is 0 Å². The minimum Gasteiger partial charge on any atom is -0.481 e. The van der Waals surface area contributed by atoms with Crippen molar-refractivity contribution < 1.29 is 55.3 Å². The van der Waals surface area contributed by atoms with E-state index in [0.717, 1.165) is 5.32 Å². The van der Waals surface area contributed by atoms with E-state index < -0.39 is 48.7 Å². The quantitative estimate of drug-likeness (QED) is 0.302. The van der Waals surface area contributed by atoms with E-state index in [0.29, 0.717) is 12.8 Å². The van der Waals surface area contributed by atoms with E-state index in [-0.39, 0.29) is 6.61 Å². The largest absolute Gasteiger partial charge is 0.481 e. The fourth-order valence-electron chi connectivity index (χ4n) is 1.46. The van der Waals surface area contributed by atoms with E-state index in [1.165, 1.54) is 0 Å². The van der Waals surface area contributed by atoms with Crippen LogP contribution in [-0.4, -0.2) is 59.0 Å². The third-order valence-corrected chi connectivity index (χ3v) is 2.88. The van der Waals surface area contributed by atoms with Crippen LogP contribution >= 0.6 is 0 Å². The summed E-state index contributed by atoms with van der Waals surface area (Å²) in [6, 6.07) is -2.17. The fourth-order valence-corrected chi connectivity index (χ4v) is 1.46. The van der Waals surface area contributed by atoms with E-state index in [2.05, 4.69) is 4.74 Å². The number of aliphatic carboxylic acids is 1. The normalized spacial score (nSPS) is 15.6. The van der Waals surface area contributed by atoms with Crippen LogP contribution in [0.2, 0.25) is 0 Å². The lowest BCUT2D eigenvalue weighted by Gasteiger charge is -2.29. The first-order chi connectivity index (χ1) is 11.2. The molecule has 0 bridgehead atoms. The standard InChI is InChI=1S/C12H16F7NO5/c1-2-3-4-25-8(23)6(5-7(21)22)20-9(24)10(13,14)11(15,16)12(17,18)19/h6,8,23H,2-5H2,1H3,(H,20,24)(H,21,22)/t6-,8?/m0/s1. The molecule has 2 atom stereocenters. The van der Waals surface area contributed by atoms with E-state index in [1.54, 1.807) is 6.92 Å². The van der Waals surface area contributed by atoms with Crippen molar-refractivity contribution in [3.05, 3.63) is 0 Å². The van der Waals surface area contributed by atoms with Gasteiger partial charge in [-0.1, -0.05) is 13.3 Å². The van der Waals surface area contributed by atoms with Gasteiger partial charge >= 0.3 is 24.0 Å². The molecule has 0 aromatic carbocycles. The van der Waals surface area contributed by atoms with Crippen molar-refractivity contribution in [3.8, 4) is 0 Å². The molecule has 0 rings (SSSR count). The summed E-state index contributed by atoms with van der Waals surface area (Å²) in [6.45, 7) is 1.50. The van der Waals surface area contributed by atoms with Gasteiger partial charge in [0.1, 0.15) is 0 Å². The molecule has 0 aliphatic heterocycles. The van der Waals surface area contributed by atoms with Crippen LogP contribution in [0, 0.1) is 0 Å². The second-order valence-corrected chi connectivity index (χ2v) is 4.94. The Morgan fingerprint density at radius 2 is 1.64 bits per heavy atom. The lowest BCUT2D eigenvalue weighted by atomic mass is 10.1. The van der Waals surface area contributed by atoms with Crippen molar-refractivity contribution in [1.29, 1.82) is 0 Å². The highest BCUT2D eigenvalue weighted by Crippen LogP contribution is 2.46. The van der Waals surface area contributed by atoms with Gasteiger partial charge in [0.05, 0.1) is 12.5 Å². The average molecular weight is 387 g/mol. The molecule has 1 unspecified atom stereocenters. The molecule has 0 aromatic heterocycles. The number of carbonyl (C=O) groups excluding carboxylic acids is 1. The van der Waals surface area contributed by atoms with Gasteiger partial charge in [0.25, 0.3) is 5.91 Å². The molecule has 0 aromatic rings. The van der Waals surface area contributed by atoms with E-state index >= 15 is 0 Å². The molecule has 0 spiro atoms. The van der Waals surface area contributed by atoms with Gasteiger partial charge in [0.15, 0.2) is 6.29 Å². The maximum atomic E-state index is 13.2. The van der Waals surface area contributed by atoms with E-state index in [9.17, 15) is 45.4 Å². The maximum Gasteiger partial charge on any atom is 0.460 e. The Bertz CT molecular complexity index is 469. The number of aliphatic hydroxyl groups excluding tert-OH is 1. The van der Waals surface area contributed by atoms with Gasteiger partial charge in [-0.15, -0.1) is 0 Å². The number of amides is 1. The smallest absolute Gasteiger partial charge is 0.460 e. The van der Waals surface area contributed by atoms with E-state index in [4.69, 9.17) is 5.11 Å². The molecule has 0 aliphatic rings. The zero-order chi connectivity index (χ0) is 20.1. The number of nitrogens with one attached hydrogen (secondary N) is 1. The summed E-state index contributed by atoms with van der Waals surface area (Å²) in [5.41, 5.74) is 0. The zero-order valence-corrected chi connectivity index (χ0v) is 12.7. The second kappa shape index (κ2) is 8.65. The molecular formula is C12H16F7NO5. The van der Waals surface area contributed by atoms with Gasteiger partial charge in [-0.2, -0.15) is 30.7 Å². The number of halogens is 7. The number of ether oxygens (including phenoxy) is 1. The van der Waals surface area contributed by atoms with Crippen LogP contribution in [-0.2, 0) is 14.3 Å². The molecule has 0 heterocycles. The van der Waals surface area contributed by atoms with Gasteiger partial charge in [0, 0.05) is 6.61 Å². The predicted octanol–water partition coefficient (Wildman–Crippen LogP) is 1.91. The first-order valence-electron chi connectivity index (χ1n) is 6.83. The van der Waals surface area contributed by atoms with Crippen LogP contribution in [0.25, 0.3) is 0 Å². The Hall–Kier alpha value is -1.63. The number of carboxylic acids is 1. The van der Waals surface area contributed by atoms with Crippen molar-refractivity contribution >= 4 is 11.9 Å². The summed E-state index contributed by atoms with van der Waals surface area (Å²) >= 11 is 0. The van der Waals surface area contributed by atoms with Gasteiger partial charge in [-0.3, -0.25) is 9.59 Å². The summed E-state index contributed by atoms with van der Waals surface area (Å²) in [6.07, 6.45) is -9.30. The molecule has 148 valence electrons. The number of rotatable bonds is 10. The van der Waals surface area contributed by atoms with E-state index in [1.807, 2.05) is 0 Å². The number of carbonyl (C=O) groups is 2. The van der Waals surface area contributed by atoms with Crippen LogP contribution in [0.1, 0.15) is 26.2 Å². The lowest BCUT2D eigenvalue weighted by Crippen LogP contribution is -2.62. The molecule has 0 saturated carbocycles. The Morgan fingerprint density at radius 1 is 1.12 bits per heavy atom. The SMILES string of the molecule is CCCCOC(O)[C@H](CC(=O)O)NC(=O)C(F)(F)C(F)(F)C(F)(F)F. The minimum atomic E-state index is -6.73. The number of hydrogen-bond acceptors (Lipinski definition) is 4. The lowest BCUT2D eigenvalue weighted by molar-refractivity contribution is -0.344. The summed E-state index contributed by atoms with van der Waals surface area (Å²) in [5, 5.41) is 19.1. The Labute approximate surface area is 136 Å². The predicted molar refractivity (Wildman–Crippen MR) is 67.0 cm³/mol. The molecule has 0 aliphatic carbocycles. The maximum absolute atomic E-state index is 13.2. The molecule has 13 heteroatoms. The number of aliphatic hydroxyl groups is 1. The first kappa shape index (κ1) is 23.4. The summed E-state index contributed by atoms with van der Waals surface area (Å²) in [5.74, 6) is -17.8. The Kier molecular flexibility index (Phi) is 8.08. The third-order valence-electron chi connectivity index (χ3n) is 2.88. The van der Waals surface area contributed by atoms with Gasteiger partial charge < -0.3 is 20.3 Å². The monoisotopic (exact) mass is 387 g/mol. The van der Waals surface area contributed by atoms with Crippen molar-refractivity contribution in [3.63, 3.8) is 0 Å². The van der Waals surface area contributed by atoms with Crippen LogP contribution in [0.15, 0.2) is 0 Å². The highest BCUT2D eigenvalue weighted by Gasteiger charge is 2.76. The minimum absolute atomic E-state index is 0.196. The highest BCUT2D eigenvalue weighted by molar-refractivity contribution is 5.85. The molecule has 1 amide bonds. The van der Waals surface area contributed by atoms with Crippen molar-refractivity contribution in [1.82, 2.24) is 5.32 Å².